The predicted octanol–water partition coefficient (Wildman–Crippen LogP) is 5.40. The van der Waals surface area contributed by atoms with Crippen LogP contribution in [-0.2, 0) is 6.54 Å². The van der Waals surface area contributed by atoms with Crippen LogP contribution in [0.1, 0.15) is 11.9 Å². The average Bonchev–Trinajstić information content (AvgIpc) is 3.05. The molecule has 116 valence electrons. The predicted molar refractivity (Wildman–Crippen MR) is 101 cm³/mol. The standard InChI is InChI=1S/C18H16ClN2S2/c1-3-21-14-9-8-12(19)10-16(14)23-18(21)11-17-20(2)13-6-4-5-7-15(13)22-17/h4-11H,3H2,1-2H3/q+1. The van der Waals surface area contributed by atoms with E-state index in [1.807, 2.05) is 17.8 Å². The molecule has 0 radical (unpaired) electrons. The molecule has 0 amide bonds. The summed E-state index contributed by atoms with van der Waals surface area (Å²) < 4.78 is 3.58. The molecule has 0 spiro atoms. The van der Waals surface area contributed by atoms with E-state index < -0.39 is 0 Å². The van der Waals surface area contributed by atoms with Crippen molar-refractivity contribution in [3.05, 3.63) is 57.5 Å². The van der Waals surface area contributed by atoms with E-state index in [0.717, 1.165) is 11.6 Å². The first-order valence-corrected chi connectivity index (χ1v) is 9.52. The van der Waals surface area contributed by atoms with Crippen LogP contribution in [-0.4, -0.2) is 7.05 Å². The number of para-hydroxylation sites is 1. The Morgan fingerprint density at radius 3 is 2.83 bits per heavy atom. The van der Waals surface area contributed by atoms with Crippen molar-refractivity contribution in [2.45, 2.75) is 18.4 Å². The molecule has 0 fully saturated rings. The van der Waals surface area contributed by atoms with Gasteiger partial charge in [-0.2, -0.15) is 4.57 Å². The van der Waals surface area contributed by atoms with E-state index in [4.69, 9.17) is 11.6 Å². The van der Waals surface area contributed by atoms with Crippen molar-refractivity contribution in [3.8, 4) is 0 Å². The summed E-state index contributed by atoms with van der Waals surface area (Å²) in [5.41, 5.74) is 2.52. The Labute approximate surface area is 149 Å². The van der Waals surface area contributed by atoms with Crippen molar-refractivity contribution in [1.29, 1.82) is 0 Å². The van der Waals surface area contributed by atoms with E-state index in [0.29, 0.717) is 0 Å². The highest BCUT2D eigenvalue weighted by Gasteiger charge is 2.24. The highest BCUT2D eigenvalue weighted by molar-refractivity contribution is 8.03. The number of rotatable bonds is 2. The first-order chi connectivity index (χ1) is 11.2. The normalized spacial score (nSPS) is 15.6. The minimum atomic E-state index is 0.793. The summed E-state index contributed by atoms with van der Waals surface area (Å²) in [5.74, 6) is 0. The average molecular weight is 360 g/mol. The van der Waals surface area contributed by atoms with Gasteiger partial charge in [-0.25, -0.2) is 0 Å². The number of thioether (sulfide) groups is 1. The van der Waals surface area contributed by atoms with Crippen molar-refractivity contribution in [1.82, 2.24) is 0 Å². The van der Waals surface area contributed by atoms with Crippen LogP contribution < -0.4 is 9.47 Å². The van der Waals surface area contributed by atoms with Gasteiger partial charge in [-0.1, -0.05) is 46.8 Å². The van der Waals surface area contributed by atoms with Crippen LogP contribution in [0.4, 0.5) is 5.69 Å². The summed E-state index contributed by atoms with van der Waals surface area (Å²) in [6.07, 6.45) is 2.28. The lowest BCUT2D eigenvalue weighted by Gasteiger charge is -2.12. The molecule has 0 bridgehead atoms. The number of halogens is 1. The van der Waals surface area contributed by atoms with Crippen molar-refractivity contribution < 1.29 is 4.57 Å². The lowest BCUT2D eigenvalue weighted by atomic mass is 10.3. The number of benzene rings is 2. The second kappa shape index (κ2) is 5.86. The second-order valence-electron chi connectivity index (χ2n) is 5.41. The van der Waals surface area contributed by atoms with Gasteiger partial charge in [-0.3, -0.25) is 0 Å². The lowest BCUT2D eigenvalue weighted by Crippen LogP contribution is -2.33. The summed E-state index contributed by atoms with van der Waals surface area (Å²) in [6, 6.07) is 14.7. The largest absolute Gasteiger partial charge is 0.338 e. The molecule has 0 saturated heterocycles. The minimum absolute atomic E-state index is 0.793. The van der Waals surface area contributed by atoms with E-state index in [-0.39, 0.29) is 0 Å². The number of nitrogens with zero attached hydrogens (tertiary/aromatic N) is 2. The Hall–Kier alpha value is -1.49. The molecule has 23 heavy (non-hydrogen) atoms. The molecule has 4 rings (SSSR count). The van der Waals surface area contributed by atoms with Crippen LogP contribution >= 0.6 is 34.7 Å². The Morgan fingerprint density at radius 2 is 2.04 bits per heavy atom. The van der Waals surface area contributed by atoms with Gasteiger partial charge in [0.1, 0.15) is 11.2 Å². The van der Waals surface area contributed by atoms with E-state index in [1.165, 1.54) is 30.8 Å². The first kappa shape index (κ1) is 15.1. The van der Waals surface area contributed by atoms with Gasteiger partial charge in [-0.05, 0) is 31.2 Å². The third-order valence-corrected chi connectivity index (χ3v) is 6.52. The zero-order valence-corrected chi connectivity index (χ0v) is 15.3. The highest BCUT2D eigenvalue weighted by Crippen LogP contribution is 2.45. The van der Waals surface area contributed by atoms with Crippen LogP contribution in [0.5, 0.6) is 0 Å². The molecule has 3 aromatic rings. The van der Waals surface area contributed by atoms with Crippen LogP contribution in [0.3, 0.4) is 0 Å². The van der Waals surface area contributed by atoms with Crippen molar-refractivity contribution in [2.75, 3.05) is 11.9 Å². The number of anilines is 1. The summed E-state index contributed by atoms with van der Waals surface area (Å²) in [6.45, 7) is 3.13. The van der Waals surface area contributed by atoms with Gasteiger partial charge in [0.15, 0.2) is 0 Å². The maximum absolute atomic E-state index is 6.15. The molecule has 0 aliphatic carbocycles. The van der Waals surface area contributed by atoms with Gasteiger partial charge < -0.3 is 4.90 Å². The van der Waals surface area contributed by atoms with Crippen LogP contribution in [0.15, 0.2) is 52.4 Å². The molecule has 0 atom stereocenters. The van der Waals surface area contributed by atoms with Gasteiger partial charge in [0.05, 0.1) is 16.8 Å². The minimum Gasteiger partial charge on any atom is -0.338 e. The lowest BCUT2D eigenvalue weighted by molar-refractivity contribution is -0.665. The van der Waals surface area contributed by atoms with Crippen molar-refractivity contribution in [3.63, 3.8) is 0 Å². The maximum atomic E-state index is 6.15. The third kappa shape index (κ3) is 2.55. The zero-order valence-electron chi connectivity index (χ0n) is 12.9. The Kier molecular flexibility index (Phi) is 3.84. The molecule has 2 aromatic carbocycles. The zero-order chi connectivity index (χ0) is 16.0. The fourth-order valence-electron chi connectivity index (χ4n) is 2.87. The molecule has 1 aliphatic heterocycles. The number of fused-ring (bicyclic) bond motifs is 2. The number of hydrogen-bond donors (Lipinski definition) is 0. The summed E-state index contributed by atoms with van der Waals surface area (Å²) in [7, 11) is 2.13. The fraction of sp³-hybridized carbons (Fsp3) is 0.167. The summed E-state index contributed by atoms with van der Waals surface area (Å²) in [4.78, 5) is 3.57. The first-order valence-electron chi connectivity index (χ1n) is 7.51. The monoisotopic (exact) mass is 359 g/mol. The molecule has 1 aromatic heterocycles. The SMILES string of the molecule is CC[n+]1c(C=C2Sc3ccccc3N2C)sc2cc(Cl)ccc21. The molecule has 2 nitrogen and oxygen atoms in total. The number of hydrogen-bond acceptors (Lipinski definition) is 3. The Morgan fingerprint density at radius 1 is 1.22 bits per heavy atom. The van der Waals surface area contributed by atoms with E-state index in [9.17, 15) is 0 Å². The molecule has 0 unspecified atom stereocenters. The fourth-order valence-corrected chi connectivity index (χ4v) is 5.47. The molecule has 2 heterocycles. The van der Waals surface area contributed by atoms with Gasteiger partial charge in [-0.15, -0.1) is 0 Å². The third-order valence-electron chi connectivity index (χ3n) is 4.03. The maximum Gasteiger partial charge on any atom is 0.265 e. The van der Waals surface area contributed by atoms with Gasteiger partial charge in [0.25, 0.3) is 5.01 Å². The quantitative estimate of drug-likeness (QED) is 0.565. The summed E-state index contributed by atoms with van der Waals surface area (Å²) in [5, 5.41) is 3.30. The smallest absolute Gasteiger partial charge is 0.265 e. The van der Waals surface area contributed by atoms with Gasteiger partial charge in [0, 0.05) is 23.0 Å². The molecular formula is C18H16ClN2S2+. The van der Waals surface area contributed by atoms with Gasteiger partial charge in [0.2, 0.25) is 5.52 Å². The number of aryl methyl sites for hydroxylation is 1. The molecule has 1 aliphatic rings. The highest BCUT2D eigenvalue weighted by atomic mass is 35.5. The topological polar surface area (TPSA) is 7.12 Å². The van der Waals surface area contributed by atoms with Crippen molar-refractivity contribution >= 4 is 56.7 Å². The Bertz CT molecular complexity index is 930. The van der Waals surface area contributed by atoms with Crippen LogP contribution in [0.25, 0.3) is 16.3 Å². The number of thiazole rings is 1. The molecule has 0 N–H and O–H groups in total. The van der Waals surface area contributed by atoms with Crippen LogP contribution in [0.2, 0.25) is 5.02 Å². The summed E-state index contributed by atoms with van der Waals surface area (Å²) >= 11 is 9.77. The van der Waals surface area contributed by atoms with E-state index in [1.54, 1.807) is 11.3 Å². The molecule has 5 heteroatoms. The molecular weight excluding hydrogens is 344 g/mol. The van der Waals surface area contributed by atoms with Gasteiger partial charge >= 0.3 is 0 Å². The Balaban J connectivity index is 1.82. The number of aromatic nitrogens is 1. The van der Waals surface area contributed by atoms with E-state index in [2.05, 4.69) is 65.9 Å². The second-order valence-corrected chi connectivity index (χ2v) is 7.97. The van der Waals surface area contributed by atoms with E-state index >= 15 is 0 Å². The van der Waals surface area contributed by atoms with Crippen LogP contribution in [0, 0.1) is 0 Å². The molecule has 0 saturated carbocycles. The van der Waals surface area contributed by atoms with Crippen molar-refractivity contribution in [2.24, 2.45) is 0 Å².